The Morgan fingerprint density at radius 3 is 2.43 bits per heavy atom. The maximum atomic E-state index is 12.7. The molecule has 1 aliphatic carbocycles. The number of carbonyl (C=O) groups is 1. The van der Waals surface area contributed by atoms with Crippen LogP contribution in [0.1, 0.15) is 56.3 Å². The maximum Gasteiger partial charge on any atom is 0.251 e. The van der Waals surface area contributed by atoms with Gasteiger partial charge in [-0.25, -0.2) is 13.1 Å². The summed E-state index contributed by atoms with van der Waals surface area (Å²) in [4.78, 5) is 12.7. The topological polar surface area (TPSA) is 111 Å². The summed E-state index contributed by atoms with van der Waals surface area (Å²) < 4.78 is 32.9. The van der Waals surface area contributed by atoms with E-state index in [1.165, 1.54) is 25.7 Å². The van der Waals surface area contributed by atoms with Gasteiger partial charge >= 0.3 is 0 Å². The summed E-state index contributed by atoms with van der Waals surface area (Å²) in [5.74, 6) is 0.249. The quantitative estimate of drug-likeness (QED) is 0.583. The van der Waals surface area contributed by atoms with E-state index in [9.17, 15) is 13.2 Å². The van der Waals surface area contributed by atoms with Gasteiger partial charge in [0, 0.05) is 24.2 Å². The Labute approximate surface area is 174 Å². The molecule has 0 radical (unpaired) electrons. The van der Waals surface area contributed by atoms with Crippen molar-refractivity contribution in [1.82, 2.24) is 10.0 Å². The number of methoxy groups -OCH3 is 1. The molecule has 1 atom stereocenters. The molecule has 0 heterocycles. The van der Waals surface area contributed by atoms with Crippen molar-refractivity contribution >= 4 is 28.3 Å². The predicted molar refractivity (Wildman–Crippen MR) is 113 cm³/mol. The summed E-state index contributed by atoms with van der Waals surface area (Å²) in [6.07, 6.45) is 5.65. The van der Waals surface area contributed by atoms with Crippen molar-refractivity contribution in [2.75, 3.05) is 13.7 Å². The summed E-state index contributed by atoms with van der Waals surface area (Å²) in [5.41, 5.74) is 6.16. The minimum absolute atomic E-state index is 0. The number of carbonyl (C=O) groups excluding carboxylic acids is 1. The first kappa shape index (κ1) is 24.7. The number of halogens is 1. The van der Waals surface area contributed by atoms with E-state index in [-0.39, 0.29) is 46.6 Å². The summed E-state index contributed by atoms with van der Waals surface area (Å²) in [6, 6.07) is 4.05. The van der Waals surface area contributed by atoms with Gasteiger partial charge in [-0.05, 0) is 50.8 Å². The molecule has 0 bridgehead atoms. The molecule has 0 spiro atoms. The van der Waals surface area contributed by atoms with Crippen LogP contribution in [0.5, 0.6) is 5.75 Å². The number of ether oxygens (including phenoxy) is 1. The van der Waals surface area contributed by atoms with E-state index < -0.39 is 10.0 Å². The molecule has 1 amide bonds. The zero-order valence-electron chi connectivity index (χ0n) is 16.7. The standard InChI is InChI=1S/C19H31N3O4S.ClH/c1-13(2)22-27(24,25)18-11-15(9-10-17(18)26-3)19(23)21-16(12-20)14-7-5-4-6-8-14;/h9-11,13-14,16,22H,4-8,12,20H2,1-3H3,(H,21,23);1H. The van der Waals surface area contributed by atoms with Gasteiger partial charge in [-0.15, -0.1) is 12.4 Å². The minimum Gasteiger partial charge on any atom is -0.495 e. The van der Waals surface area contributed by atoms with Gasteiger partial charge < -0.3 is 15.8 Å². The van der Waals surface area contributed by atoms with E-state index in [1.807, 2.05) is 0 Å². The molecule has 1 saturated carbocycles. The van der Waals surface area contributed by atoms with E-state index in [0.29, 0.717) is 12.5 Å². The molecule has 1 aromatic carbocycles. The van der Waals surface area contributed by atoms with E-state index >= 15 is 0 Å². The fraction of sp³-hybridized carbons (Fsp3) is 0.632. The number of amides is 1. The van der Waals surface area contributed by atoms with Crippen molar-refractivity contribution in [1.29, 1.82) is 0 Å². The lowest BCUT2D eigenvalue weighted by Gasteiger charge is -2.30. The van der Waals surface area contributed by atoms with Crippen LogP contribution in [0.4, 0.5) is 0 Å². The monoisotopic (exact) mass is 433 g/mol. The third kappa shape index (κ3) is 6.34. The van der Waals surface area contributed by atoms with Crippen molar-refractivity contribution in [2.24, 2.45) is 11.7 Å². The van der Waals surface area contributed by atoms with Crippen molar-refractivity contribution in [3.63, 3.8) is 0 Å². The smallest absolute Gasteiger partial charge is 0.251 e. The Morgan fingerprint density at radius 2 is 1.89 bits per heavy atom. The van der Waals surface area contributed by atoms with Gasteiger partial charge in [0.15, 0.2) is 0 Å². The van der Waals surface area contributed by atoms with Gasteiger partial charge in [-0.2, -0.15) is 0 Å². The molecule has 160 valence electrons. The SMILES string of the molecule is COc1ccc(C(=O)NC(CN)C2CCCCC2)cc1S(=O)(=O)NC(C)C.Cl. The average molecular weight is 434 g/mol. The van der Waals surface area contributed by atoms with Crippen LogP contribution in [0.3, 0.4) is 0 Å². The van der Waals surface area contributed by atoms with E-state index in [4.69, 9.17) is 10.5 Å². The zero-order chi connectivity index (χ0) is 20.0. The van der Waals surface area contributed by atoms with Crippen LogP contribution in [0.25, 0.3) is 0 Å². The maximum absolute atomic E-state index is 12.7. The lowest BCUT2D eigenvalue weighted by atomic mass is 9.84. The molecule has 2 rings (SSSR count). The first-order valence-electron chi connectivity index (χ1n) is 9.49. The van der Waals surface area contributed by atoms with Crippen LogP contribution in [0.2, 0.25) is 0 Å². The number of benzene rings is 1. The van der Waals surface area contributed by atoms with Crippen molar-refractivity contribution < 1.29 is 17.9 Å². The Kier molecular flexibility index (Phi) is 9.69. The van der Waals surface area contributed by atoms with Crippen molar-refractivity contribution in [3.05, 3.63) is 23.8 Å². The highest BCUT2D eigenvalue weighted by atomic mass is 35.5. The number of hydrogen-bond donors (Lipinski definition) is 3. The first-order chi connectivity index (χ1) is 12.8. The predicted octanol–water partition coefficient (Wildman–Crippen LogP) is 2.44. The summed E-state index contributed by atoms with van der Waals surface area (Å²) >= 11 is 0. The van der Waals surface area contributed by atoms with Crippen molar-refractivity contribution in [3.8, 4) is 5.75 Å². The van der Waals surface area contributed by atoms with Gasteiger partial charge in [0.1, 0.15) is 10.6 Å². The van der Waals surface area contributed by atoms with Gasteiger partial charge in [0.05, 0.1) is 7.11 Å². The fourth-order valence-electron chi connectivity index (χ4n) is 3.56. The second-order valence-corrected chi connectivity index (χ2v) is 9.04. The van der Waals surface area contributed by atoms with E-state index in [2.05, 4.69) is 10.0 Å². The summed E-state index contributed by atoms with van der Waals surface area (Å²) in [5, 5.41) is 2.99. The molecule has 28 heavy (non-hydrogen) atoms. The highest BCUT2D eigenvalue weighted by molar-refractivity contribution is 7.89. The highest BCUT2D eigenvalue weighted by Crippen LogP contribution is 2.27. The summed E-state index contributed by atoms with van der Waals surface area (Å²) in [6.45, 7) is 3.83. The largest absolute Gasteiger partial charge is 0.495 e. The summed E-state index contributed by atoms with van der Waals surface area (Å²) in [7, 11) is -2.39. The Morgan fingerprint density at radius 1 is 1.25 bits per heavy atom. The number of sulfonamides is 1. The van der Waals surface area contributed by atoms with Gasteiger partial charge in [-0.1, -0.05) is 19.3 Å². The van der Waals surface area contributed by atoms with Crippen LogP contribution in [-0.2, 0) is 10.0 Å². The molecule has 1 aromatic rings. The lowest BCUT2D eigenvalue weighted by Crippen LogP contribution is -2.46. The number of nitrogens with two attached hydrogens (primary N) is 1. The molecule has 0 aliphatic heterocycles. The zero-order valence-corrected chi connectivity index (χ0v) is 18.4. The molecule has 9 heteroatoms. The third-order valence-corrected chi connectivity index (χ3v) is 6.58. The molecule has 4 N–H and O–H groups in total. The number of rotatable bonds is 8. The number of nitrogens with one attached hydrogen (secondary N) is 2. The Hall–Kier alpha value is -1.35. The van der Waals surface area contributed by atoms with Crippen LogP contribution in [0.15, 0.2) is 23.1 Å². The van der Waals surface area contributed by atoms with Crippen molar-refractivity contribution in [2.45, 2.75) is 62.9 Å². The lowest BCUT2D eigenvalue weighted by molar-refractivity contribution is 0.0915. The van der Waals surface area contributed by atoms with Gasteiger partial charge in [0.25, 0.3) is 5.91 Å². The van der Waals surface area contributed by atoms with Gasteiger partial charge in [-0.3, -0.25) is 4.79 Å². The normalized spacial score (nSPS) is 16.3. The fourth-order valence-corrected chi connectivity index (χ4v) is 5.01. The molecule has 0 saturated heterocycles. The van der Waals surface area contributed by atoms with Gasteiger partial charge in [0.2, 0.25) is 10.0 Å². The van der Waals surface area contributed by atoms with Crippen LogP contribution in [0, 0.1) is 5.92 Å². The average Bonchev–Trinajstić information content (AvgIpc) is 2.65. The Bertz CT molecular complexity index is 750. The van der Waals surface area contributed by atoms with Crippen LogP contribution < -0.4 is 20.5 Å². The minimum atomic E-state index is -3.79. The highest BCUT2D eigenvalue weighted by Gasteiger charge is 2.26. The Balaban J connectivity index is 0.00000392. The molecule has 1 fully saturated rings. The second kappa shape index (κ2) is 11.0. The second-order valence-electron chi connectivity index (χ2n) is 7.36. The molecular formula is C19H32ClN3O4S. The molecule has 7 nitrogen and oxygen atoms in total. The molecule has 0 aromatic heterocycles. The number of hydrogen-bond acceptors (Lipinski definition) is 5. The van der Waals surface area contributed by atoms with E-state index in [1.54, 1.807) is 19.9 Å². The molecular weight excluding hydrogens is 402 g/mol. The van der Waals surface area contributed by atoms with Crippen LogP contribution in [-0.4, -0.2) is 40.1 Å². The first-order valence-corrected chi connectivity index (χ1v) is 11.0. The van der Waals surface area contributed by atoms with Crippen LogP contribution >= 0.6 is 12.4 Å². The third-order valence-electron chi connectivity index (χ3n) is 4.90. The molecule has 1 unspecified atom stereocenters. The molecule has 1 aliphatic rings. The van der Waals surface area contributed by atoms with E-state index in [0.717, 1.165) is 25.7 Å².